The zero-order chi connectivity index (χ0) is 25.6. The van der Waals surface area contributed by atoms with Crippen LogP contribution in [0.4, 0.5) is 31.9 Å². The Morgan fingerprint density at radius 1 is 1.05 bits per heavy atom. The lowest BCUT2D eigenvalue weighted by Crippen LogP contribution is -2.49. The molecule has 0 radical (unpaired) electrons. The summed E-state index contributed by atoms with van der Waals surface area (Å²) in [5, 5.41) is 23.2. The molecule has 3 heterocycles. The quantitative estimate of drug-likeness (QED) is 0.329. The first kappa shape index (κ1) is 23.7. The molecule has 0 spiro atoms. The van der Waals surface area contributed by atoms with Crippen molar-refractivity contribution in [1.82, 2.24) is 25.6 Å². The van der Waals surface area contributed by atoms with Crippen LogP contribution in [0, 0.1) is 0 Å². The van der Waals surface area contributed by atoms with E-state index in [-0.39, 0.29) is 29.0 Å². The molecule has 5 N–H and O–H groups in total. The van der Waals surface area contributed by atoms with Crippen molar-refractivity contribution in [2.75, 3.05) is 17.2 Å². The van der Waals surface area contributed by atoms with Gasteiger partial charge >= 0.3 is 0 Å². The van der Waals surface area contributed by atoms with E-state index >= 15 is 0 Å². The van der Waals surface area contributed by atoms with Crippen molar-refractivity contribution in [3.05, 3.63) is 65.1 Å². The number of aliphatic hydroxyl groups is 1. The standard InChI is InChI=1S/C26H27F2N7O2/c27-26(28)13-25(37,14-26)21-10-19(6-8-30-21)32-22-20(23(36)33-17-3-4-17)12-31-24(35-22)34-18-2-1-16-11-29-7-5-15(16)9-18/h1-2,6,8-10,12,17,29,37H,3-5,7,11,13-14H2,(H,33,36)(H2,30,31,32,34,35). The average molecular weight is 508 g/mol. The van der Waals surface area contributed by atoms with Gasteiger partial charge in [-0.05, 0) is 61.2 Å². The van der Waals surface area contributed by atoms with Crippen LogP contribution in [-0.4, -0.2) is 44.5 Å². The first-order valence-corrected chi connectivity index (χ1v) is 12.4. The van der Waals surface area contributed by atoms with Crippen LogP contribution in [0.15, 0.2) is 42.7 Å². The van der Waals surface area contributed by atoms with E-state index in [0.29, 0.717) is 11.6 Å². The molecule has 1 aliphatic heterocycles. The largest absolute Gasteiger partial charge is 0.383 e. The number of halogens is 2. The van der Waals surface area contributed by atoms with Crippen molar-refractivity contribution in [3.8, 4) is 0 Å². The maximum Gasteiger partial charge on any atom is 0.256 e. The normalized spacial score (nSPS) is 19.3. The van der Waals surface area contributed by atoms with Gasteiger partial charge in [0.05, 0.1) is 5.69 Å². The molecule has 1 aromatic carbocycles. The van der Waals surface area contributed by atoms with Crippen LogP contribution in [0.2, 0.25) is 0 Å². The van der Waals surface area contributed by atoms with Gasteiger partial charge in [0, 0.05) is 49.2 Å². The van der Waals surface area contributed by atoms with Crippen molar-refractivity contribution >= 4 is 29.0 Å². The summed E-state index contributed by atoms with van der Waals surface area (Å²) < 4.78 is 26.9. The van der Waals surface area contributed by atoms with Gasteiger partial charge in [0.15, 0.2) is 0 Å². The number of anilines is 4. The van der Waals surface area contributed by atoms with E-state index in [4.69, 9.17) is 0 Å². The lowest BCUT2D eigenvalue weighted by molar-refractivity contribution is -0.212. The Bertz CT molecular complexity index is 1350. The van der Waals surface area contributed by atoms with Gasteiger partial charge in [-0.15, -0.1) is 0 Å². The summed E-state index contributed by atoms with van der Waals surface area (Å²) in [5.41, 5.74) is 2.51. The van der Waals surface area contributed by atoms with Crippen molar-refractivity contribution in [2.24, 2.45) is 0 Å². The van der Waals surface area contributed by atoms with E-state index in [1.165, 1.54) is 29.6 Å². The SMILES string of the molecule is O=C(NC1CC1)c1cnc(Nc2ccc3c(c2)CCNC3)nc1Nc1ccnc(C2(O)CC(F)(F)C2)c1. The monoisotopic (exact) mass is 507 g/mol. The average Bonchev–Trinajstić information content (AvgIpc) is 3.67. The number of benzene rings is 1. The van der Waals surface area contributed by atoms with E-state index in [0.717, 1.165) is 38.0 Å². The van der Waals surface area contributed by atoms with Gasteiger partial charge in [0.25, 0.3) is 11.8 Å². The first-order chi connectivity index (χ1) is 17.8. The van der Waals surface area contributed by atoms with Gasteiger partial charge in [-0.2, -0.15) is 4.98 Å². The van der Waals surface area contributed by atoms with Gasteiger partial charge in [-0.1, -0.05) is 6.07 Å². The highest BCUT2D eigenvalue weighted by atomic mass is 19.3. The topological polar surface area (TPSA) is 124 Å². The highest BCUT2D eigenvalue weighted by Crippen LogP contribution is 2.51. The number of pyridine rings is 1. The van der Waals surface area contributed by atoms with Crippen LogP contribution >= 0.6 is 0 Å². The molecular formula is C26H27F2N7O2. The van der Waals surface area contributed by atoms with Crippen LogP contribution in [0.25, 0.3) is 0 Å². The number of nitrogens with zero attached hydrogens (tertiary/aromatic N) is 3. The number of carbonyl (C=O) groups excluding carboxylic acids is 1. The van der Waals surface area contributed by atoms with E-state index < -0.39 is 24.4 Å². The fourth-order valence-corrected chi connectivity index (χ4v) is 4.76. The van der Waals surface area contributed by atoms with Gasteiger partial charge in [-0.25, -0.2) is 13.8 Å². The molecule has 0 saturated heterocycles. The minimum Gasteiger partial charge on any atom is -0.383 e. The molecule has 9 nitrogen and oxygen atoms in total. The fourth-order valence-electron chi connectivity index (χ4n) is 4.76. The third-order valence-corrected chi connectivity index (χ3v) is 6.90. The molecule has 2 aromatic heterocycles. The number of alkyl halides is 2. The molecule has 37 heavy (non-hydrogen) atoms. The highest BCUT2D eigenvalue weighted by Gasteiger charge is 2.57. The van der Waals surface area contributed by atoms with Gasteiger partial charge in [0.1, 0.15) is 17.0 Å². The molecule has 6 rings (SSSR count). The summed E-state index contributed by atoms with van der Waals surface area (Å²) in [6, 6.07) is 9.37. The molecular weight excluding hydrogens is 480 g/mol. The highest BCUT2D eigenvalue weighted by molar-refractivity contribution is 5.99. The smallest absolute Gasteiger partial charge is 0.256 e. The predicted molar refractivity (Wildman–Crippen MR) is 133 cm³/mol. The number of rotatable bonds is 7. The van der Waals surface area contributed by atoms with E-state index in [1.54, 1.807) is 6.07 Å². The Morgan fingerprint density at radius 2 is 1.86 bits per heavy atom. The predicted octanol–water partition coefficient (Wildman–Crippen LogP) is 3.51. The van der Waals surface area contributed by atoms with E-state index in [9.17, 15) is 18.7 Å². The Morgan fingerprint density at radius 3 is 2.65 bits per heavy atom. The molecule has 11 heteroatoms. The van der Waals surface area contributed by atoms with Crippen LogP contribution < -0.4 is 21.3 Å². The summed E-state index contributed by atoms with van der Waals surface area (Å²) >= 11 is 0. The Labute approximate surface area is 212 Å². The fraction of sp³-hybridized carbons (Fsp3) is 0.385. The van der Waals surface area contributed by atoms with E-state index in [1.807, 2.05) is 6.07 Å². The molecule has 0 bridgehead atoms. The second kappa shape index (κ2) is 9.00. The molecule has 1 amide bonds. The number of amides is 1. The second-order valence-corrected chi connectivity index (χ2v) is 10.0. The van der Waals surface area contributed by atoms with Crippen LogP contribution in [0.3, 0.4) is 0 Å². The van der Waals surface area contributed by atoms with Crippen molar-refractivity contribution < 1.29 is 18.7 Å². The van der Waals surface area contributed by atoms with Gasteiger partial charge in [-0.3, -0.25) is 9.78 Å². The summed E-state index contributed by atoms with van der Waals surface area (Å²) in [6.07, 6.45) is 4.33. The maximum absolute atomic E-state index is 13.5. The summed E-state index contributed by atoms with van der Waals surface area (Å²) in [6.45, 7) is 1.76. The van der Waals surface area contributed by atoms with Crippen LogP contribution in [0.5, 0.6) is 0 Å². The molecule has 0 unspecified atom stereocenters. The number of nitrogens with one attached hydrogen (secondary N) is 4. The van der Waals surface area contributed by atoms with Gasteiger partial charge in [0.2, 0.25) is 5.95 Å². The summed E-state index contributed by atoms with van der Waals surface area (Å²) in [4.78, 5) is 25.9. The van der Waals surface area contributed by atoms with Crippen LogP contribution in [0.1, 0.15) is 52.9 Å². The number of hydrogen-bond donors (Lipinski definition) is 5. The van der Waals surface area contributed by atoms with Crippen LogP contribution in [-0.2, 0) is 18.6 Å². The van der Waals surface area contributed by atoms with Gasteiger partial charge < -0.3 is 26.4 Å². The lowest BCUT2D eigenvalue weighted by Gasteiger charge is -2.42. The summed E-state index contributed by atoms with van der Waals surface area (Å²) in [5.74, 6) is -2.66. The zero-order valence-corrected chi connectivity index (χ0v) is 20.0. The molecule has 3 aromatic rings. The number of aromatic nitrogens is 3. The maximum atomic E-state index is 13.5. The zero-order valence-electron chi connectivity index (χ0n) is 20.0. The third kappa shape index (κ3) is 5.09. The summed E-state index contributed by atoms with van der Waals surface area (Å²) in [7, 11) is 0. The minimum atomic E-state index is -2.91. The number of carbonyl (C=O) groups is 1. The Balaban J connectivity index is 1.28. The minimum absolute atomic E-state index is 0.142. The molecule has 2 saturated carbocycles. The Kier molecular flexibility index (Phi) is 5.76. The van der Waals surface area contributed by atoms with E-state index in [2.05, 4.69) is 48.4 Å². The van der Waals surface area contributed by atoms with Crippen molar-refractivity contribution in [2.45, 2.75) is 56.2 Å². The Hall–Kier alpha value is -3.70. The number of fused-ring (bicyclic) bond motifs is 1. The molecule has 2 fully saturated rings. The third-order valence-electron chi connectivity index (χ3n) is 6.90. The molecule has 192 valence electrons. The van der Waals surface area contributed by atoms with Crippen molar-refractivity contribution in [1.29, 1.82) is 0 Å². The molecule has 0 atom stereocenters. The first-order valence-electron chi connectivity index (χ1n) is 12.4. The van der Waals surface area contributed by atoms with Crippen molar-refractivity contribution in [3.63, 3.8) is 0 Å². The lowest BCUT2D eigenvalue weighted by atomic mass is 9.74. The number of hydrogen-bond acceptors (Lipinski definition) is 8. The molecule has 3 aliphatic rings. The molecule has 2 aliphatic carbocycles. The second-order valence-electron chi connectivity index (χ2n) is 10.0.